The highest BCUT2D eigenvalue weighted by molar-refractivity contribution is 6.69. The predicted molar refractivity (Wildman–Crippen MR) is 61.0 cm³/mol. The van der Waals surface area contributed by atoms with Gasteiger partial charge in [-0.1, -0.05) is 0 Å². The molecule has 0 aromatic carbocycles. The Kier molecular flexibility index (Phi) is 5.29. The fourth-order valence-corrected chi connectivity index (χ4v) is 1.43. The first-order valence-electron chi connectivity index (χ1n) is 5.06. The third-order valence-corrected chi connectivity index (χ3v) is 2.45. The lowest BCUT2D eigenvalue weighted by atomic mass is 10.2. The Morgan fingerprint density at radius 2 is 1.64 bits per heavy atom. The van der Waals surface area contributed by atoms with Gasteiger partial charge in [0.2, 0.25) is 0 Å². The fraction of sp³-hybridized carbons (Fsp3) is 1.00. The number of aliphatic hydroxyl groups excluding tert-OH is 1. The van der Waals surface area contributed by atoms with Crippen molar-refractivity contribution in [1.29, 1.82) is 0 Å². The highest BCUT2D eigenvalue weighted by Gasteiger charge is 2.18. The van der Waals surface area contributed by atoms with Crippen molar-refractivity contribution >= 4 is 8.32 Å². The quantitative estimate of drug-likeness (QED) is 0.720. The Labute approximate surface area is 88.5 Å². The van der Waals surface area contributed by atoms with Crippen LogP contribution in [0.1, 0.15) is 20.8 Å². The molecule has 1 unspecified atom stereocenters. The lowest BCUT2D eigenvalue weighted by molar-refractivity contribution is -0.0593. The molecule has 0 bridgehead atoms. The van der Waals surface area contributed by atoms with Crippen molar-refractivity contribution in [1.82, 2.24) is 0 Å². The van der Waals surface area contributed by atoms with Crippen molar-refractivity contribution in [2.24, 2.45) is 0 Å². The molecular weight excluding hydrogens is 196 g/mol. The van der Waals surface area contributed by atoms with Gasteiger partial charge in [0.05, 0.1) is 24.9 Å². The van der Waals surface area contributed by atoms with Crippen LogP contribution in [0.3, 0.4) is 0 Å². The van der Waals surface area contributed by atoms with Gasteiger partial charge in [-0.05, 0) is 40.4 Å². The summed E-state index contributed by atoms with van der Waals surface area (Å²) in [5.41, 5.74) is -0.194. The van der Waals surface area contributed by atoms with E-state index in [-0.39, 0.29) is 5.60 Å². The Bertz CT molecular complexity index is 140. The minimum Gasteiger partial charge on any atom is -0.415 e. The lowest BCUT2D eigenvalue weighted by Gasteiger charge is -2.24. The molecule has 86 valence electrons. The summed E-state index contributed by atoms with van der Waals surface area (Å²) in [4.78, 5) is 0. The molecule has 0 heterocycles. The number of rotatable bonds is 5. The number of hydrogen-bond acceptors (Lipinski definition) is 3. The van der Waals surface area contributed by atoms with Crippen molar-refractivity contribution in [2.45, 2.75) is 52.1 Å². The van der Waals surface area contributed by atoms with Crippen LogP contribution in [-0.2, 0) is 9.16 Å². The van der Waals surface area contributed by atoms with Crippen LogP contribution in [-0.4, -0.2) is 38.3 Å². The average Bonchev–Trinajstić information content (AvgIpc) is 1.94. The minimum atomic E-state index is -1.51. The molecule has 0 aliphatic heterocycles. The van der Waals surface area contributed by atoms with Gasteiger partial charge in [0.1, 0.15) is 0 Å². The second-order valence-corrected chi connectivity index (χ2v) is 10.0. The molecule has 0 saturated carbocycles. The number of hydrogen-bond donors (Lipinski definition) is 1. The highest BCUT2D eigenvalue weighted by atomic mass is 28.4. The first kappa shape index (κ1) is 14.1. The van der Waals surface area contributed by atoms with E-state index in [4.69, 9.17) is 9.16 Å². The van der Waals surface area contributed by atoms with Gasteiger partial charge >= 0.3 is 0 Å². The zero-order chi connectivity index (χ0) is 11.4. The monoisotopic (exact) mass is 220 g/mol. The Balaban J connectivity index is 3.62. The molecule has 3 nitrogen and oxygen atoms in total. The van der Waals surface area contributed by atoms with E-state index in [0.29, 0.717) is 13.2 Å². The zero-order valence-corrected chi connectivity index (χ0v) is 11.3. The van der Waals surface area contributed by atoms with Crippen molar-refractivity contribution in [2.75, 3.05) is 13.2 Å². The molecule has 1 N–H and O–H groups in total. The van der Waals surface area contributed by atoms with Gasteiger partial charge in [-0.25, -0.2) is 0 Å². The van der Waals surface area contributed by atoms with E-state index < -0.39 is 14.4 Å². The van der Waals surface area contributed by atoms with E-state index in [1.165, 1.54) is 0 Å². The Morgan fingerprint density at radius 3 is 2.00 bits per heavy atom. The van der Waals surface area contributed by atoms with Crippen LogP contribution < -0.4 is 0 Å². The molecule has 0 aromatic heterocycles. The maximum atomic E-state index is 9.55. The van der Waals surface area contributed by atoms with E-state index in [9.17, 15) is 5.11 Å². The normalized spacial score (nSPS) is 15.6. The van der Waals surface area contributed by atoms with E-state index in [0.717, 1.165) is 0 Å². The van der Waals surface area contributed by atoms with Crippen LogP contribution in [0.15, 0.2) is 0 Å². The van der Waals surface area contributed by atoms with Crippen LogP contribution in [0.5, 0.6) is 0 Å². The zero-order valence-electron chi connectivity index (χ0n) is 10.3. The van der Waals surface area contributed by atoms with Crippen molar-refractivity contribution in [3.8, 4) is 0 Å². The second kappa shape index (κ2) is 5.26. The van der Waals surface area contributed by atoms with Gasteiger partial charge in [0, 0.05) is 0 Å². The van der Waals surface area contributed by atoms with Gasteiger partial charge in [0.15, 0.2) is 8.32 Å². The van der Waals surface area contributed by atoms with E-state index in [2.05, 4.69) is 19.6 Å². The van der Waals surface area contributed by atoms with E-state index >= 15 is 0 Å². The minimum absolute atomic E-state index is 0.194. The molecule has 0 amide bonds. The van der Waals surface area contributed by atoms with Crippen LogP contribution in [0, 0.1) is 0 Å². The van der Waals surface area contributed by atoms with E-state index in [1.54, 1.807) is 0 Å². The molecule has 0 aliphatic rings. The lowest BCUT2D eigenvalue weighted by Crippen LogP contribution is -2.34. The number of aliphatic hydroxyl groups is 1. The highest BCUT2D eigenvalue weighted by Crippen LogP contribution is 2.08. The molecule has 0 spiro atoms. The number of ether oxygens (including phenoxy) is 1. The molecule has 4 heteroatoms. The van der Waals surface area contributed by atoms with Gasteiger partial charge in [0.25, 0.3) is 0 Å². The Morgan fingerprint density at radius 1 is 1.14 bits per heavy atom. The summed E-state index contributed by atoms with van der Waals surface area (Å²) in [6.07, 6.45) is -0.513. The predicted octanol–water partition coefficient (Wildman–Crippen LogP) is 2.01. The summed E-state index contributed by atoms with van der Waals surface area (Å²) >= 11 is 0. The largest absolute Gasteiger partial charge is 0.415 e. The molecule has 0 radical (unpaired) electrons. The van der Waals surface area contributed by atoms with Crippen LogP contribution >= 0.6 is 0 Å². The molecule has 14 heavy (non-hydrogen) atoms. The molecule has 0 aliphatic carbocycles. The van der Waals surface area contributed by atoms with Crippen LogP contribution in [0.25, 0.3) is 0 Å². The smallest absolute Gasteiger partial charge is 0.183 e. The first-order valence-corrected chi connectivity index (χ1v) is 8.47. The standard InChI is InChI=1S/C10H24O3Si/c1-10(2,3)12-7-9(11)8-13-14(4,5)6/h9,11H,7-8H2,1-6H3. The van der Waals surface area contributed by atoms with Gasteiger partial charge < -0.3 is 14.3 Å². The SMILES string of the molecule is CC(C)(C)OCC(O)CO[Si](C)(C)C. The fourth-order valence-electron chi connectivity index (χ4n) is 0.740. The van der Waals surface area contributed by atoms with Crippen molar-refractivity contribution in [3.63, 3.8) is 0 Å². The molecule has 0 rings (SSSR count). The Hall–Kier alpha value is 0.0969. The van der Waals surface area contributed by atoms with Gasteiger partial charge in [-0.2, -0.15) is 0 Å². The molecule has 0 saturated heterocycles. The van der Waals surface area contributed by atoms with Gasteiger partial charge in [-0.3, -0.25) is 0 Å². The van der Waals surface area contributed by atoms with Gasteiger partial charge in [-0.15, -0.1) is 0 Å². The maximum Gasteiger partial charge on any atom is 0.183 e. The summed E-state index contributed by atoms with van der Waals surface area (Å²) in [5, 5.41) is 9.55. The third-order valence-electron chi connectivity index (χ3n) is 1.42. The molecule has 0 aromatic rings. The van der Waals surface area contributed by atoms with Crippen LogP contribution in [0.2, 0.25) is 19.6 Å². The van der Waals surface area contributed by atoms with Crippen LogP contribution in [0.4, 0.5) is 0 Å². The summed E-state index contributed by atoms with van der Waals surface area (Å²) in [6, 6.07) is 0. The summed E-state index contributed by atoms with van der Waals surface area (Å²) in [7, 11) is -1.51. The molecule has 0 fully saturated rings. The molecular formula is C10H24O3Si. The second-order valence-electron chi connectivity index (χ2n) is 5.50. The van der Waals surface area contributed by atoms with Crippen molar-refractivity contribution in [3.05, 3.63) is 0 Å². The average molecular weight is 220 g/mol. The first-order chi connectivity index (χ1) is 6.10. The third kappa shape index (κ3) is 10.2. The summed E-state index contributed by atoms with van der Waals surface area (Å²) < 4.78 is 11.0. The van der Waals surface area contributed by atoms with E-state index in [1.807, 2.05) is 20.8 Å². The topological polar surface area (TPSA) is 38.7 Å². The maximum absolute atomic E-state index is 9.55. The summed E-state index contributed by atoms with van der Waals surface area (Å²) in [6.45, 7) is 12.9. The summed E-state index contributed by atoms with van der Waals surface area (Å²) in [5.74, 6) is 0. The molecule has 1 atom stereocenters. The van der Waals surface area contributed by atoms with Crippen molar-refractivity contribution < 1.29 is 14.3 Å².